The van der Waals surface area contributed by atoms with Crippen LogP contribution in [-0.4, -0.2) is 34.8 Å². The standard InChI is InChI=1S/C12H18N4S/c1-4-7-11(10-8-5-6-9-13-10)14-15-12(17)16(2)3/h5-6,8-9H,4,7H2,1-3H3,(H,15,17)/b14-11+. The van der Waals surface area contributed by atoms with Gasteiger partial charge in [-0.05, 0) is 30.8 Å². The van der Waals surface area contributed by atoms with Crippen LogP contribution in [0.15, 0.2) is 29.5 Å². The minimum Gasteiger partial charge on any atom is -0.354 e. The van der Waals surface area contributed by atoms with Crippen LogP contribution in [0.2, 0.25) is 0 Å². The molecule has 0 aliphatic carbocycles. The summed E-state index contributed by atoms with van der Waals surface area (Å²) < 4.78 is 0. The van der Waals surface area contributed by atoms with E-state index in [1.807, 2.05) is 32.3 Å². The molecule has 5 heteroatoms. The average Bonchev–Trinajstić information content (AvgIpc) is 2.35. The SMILES string of the molecule is CCC/C(=N\NC(=S)N(C)C)c1ccccn1. The summed E-state index contributed by atoms with van der Waals surface area (Å²) in [6.07, 6.45) is 3.66. The fraction of sp³-hybridized carbons (Fsp3) is 0.417. The van der Waals surface area contributed by atoms with Gasteiger partial charge in [-0.15, -0.1) is 0 Å². The van der Waals surface area contributed by atoms with E-state index in [0.29, 0.717) is 5.11 Å². The summed E-state index contributed by atoms with van der Waals surface area (Å²) in [7, 11) is 3.76. The summed E-state index contributed by atoms with van der Waals surface area (Å²) in [6.45, 7) is 2.11. The third-order valence-electron chi connectivity index (χ3n) is 2.14. The molecular formula is C12H18N4S. The molecule has 1 N–H and O–H groups in total. The minimum absolute atomic E-state index is 0.592. The number of hydrazone groups is 1. The Morgan fingerprint density at radius 2 is 2.24 bits per heavy atom. The highest BCUT2D eigenvalue weighted by atomic mass is 32.1. The van der Waals surface area contributed by atoms with Crippen LogP contribution in [0.3, 0.4) is 0 Å². The van der Waals surface area contributed by atoms with Crippen molar-refractivity contribution in [2.24, 2.45) is 5.10 Å². The molecule has 17 heavy (non-hydrogen) atoms. The first-order chi connectivity index (χ1) is 8.15. The number of nitrogens with one attached hydrogen (secondary N) is 1. The highest BCUT2D eigenvalue weighted by Gasteiger charge is 2.04. The highest BCUT2D eigenvalue weighted by molar-refractivity contribution is 7.80. The summed E-state index contributed by atoms with van der Waals surface area (Å²) in [6, 6.07) is 5.80. The van der Waals surface area contributed by atoms with Crippen LogP contribution >= 0.6 is 12.2 Å². The molecule has 0 radical (unpaired) electrons. The van der Waals surface area contributed by atoms with Crippen molar-refractivity contribution in [1.29, 1.82) is 0 Å². The number of nitrogens with zero attached hydrogens (tertiary/aromatic N) is 3. The summed E-state index contributed by atoms with van der Waals surface area (Å²) in [5, 5.41) is 4.92. The lowest BCUT2D eigenvalue weighted by Gasteiger charge is -2.13. The zero-order chi connectivity index (χ0) is 12.7. The van der Waals surface area contributed by atoms with Gasteiger partial charge >= 0.3 is 0 Å². The number of aromatic nitrogens is 1. The van der Waals surface area contributed by atoms with E-state index >= 15 is 0 Å². The van der Waals surface area contributed by atoms with Crippen LogP contribution in [-0.2, 0) is 0 Å². The second-order valence-corrected chi connectivity index (χ2v) is 4.22. The summed E-state index contributed by atoms with van der Waals surface area (Å²) >= 11 is 5.12. The van der Waals surface area contributed by atoms with Gasteiger partial charge in [0, 0.05) is 20.3 Å². The molecule has 0 amide bonds. The van der Waals surface area contributed by atoms with E-state index in [2.05, 4.69) is 22.4 Å². The summed E-state index contributed by atoms with van der Waals surface area (Å²) in [4.78, 5) is 6.10. The van der Waals surface area contributed by atoms with Crippen molar-refractivity contribution in [2.75, 3.05) is 14.1 Å². The molecule has 1 aromatic rings. The molecule has 0 atom stereocenters. The van der Waals surface area contributed by atoms with Gasteiger partial charge in [-0.25, -0.2) is 0 Å². The lowest BCUT2D eigenvalue weighted by molar-refractivity contribution is 0.605. The second-order valence-electron chi connectivity index (χ2n) is 3.83. The van der Waals surface area contributed by atoms with E-state index in [-0.39, 0.29) is 0 Å². The molecular weight excluding hydrogens is 232 g/mol. The zero-order valence-corrected chi connectivity index (χ0v) is 11.3. The zero-order valence-electron chi connectivity index (χ0n) is 10.5. The van der Waals surface area contributed by atoms with Gasteiger partial charge in [0.05, 0.1) is 11.4 Å². The average molecular weight is 250 g/mol. The van der Waals surface area contributed by atoms with E-state index in [1.54, 1.807) is 11.1 Å². The van der Waals surface area contributed by atoms with Crippen LogP contribution < -0.4 is 5.43 Å². The molecule has 0 spiro atoms. The van der Waals surface area contributed by atoms with E-state index in [4.69, 9.17) is 12.2 Å². The van der Waals surface area contributed by atoms with Gasteiger partial charge in [-0.2, -0.15) is 5.10 Å². The maximum atomic E-state index is 5.12. The fourth-order valence-corrected chi connectivity index (χ4v) is 1.27. The van der Waals surface area contributed by atoms with Gasteiger partial charge in [0.2, 0.25) is 0 Å². The molecule has 1 aromatic heterocycles. The predicted octanol–water partition coefficient (Wildman–Crippen LogP) is 2.02. The van der Waals surface area contributed by atoms with Crippen molar-refractivity contribution in [3.8, 4) is 0 Å². The minimum atomic E-state index is 0.592. The van der Waals surface area contributed by atoms with Crippen molar-refractivity contribution >= 4 is 23.0 Å². The first-order valence-electron chi connectivity index (χ1n) is 5.60. The largest absolute Gasteiger partial charge is 0.354 e. The Labute approximate surface area is 108 Å². The highest BCUT2D eigenvalue weighted by Crippen LogP contribution is 2.02. The van der Waals surface area contributed by atoms with Crippen molar-refractivity contribution in [2.45, 2.75) is 19.8 Å². The predicted molar refractivity (Wildman–Crippen MR) is 75.1 cm³/mol. The summed E-state index contributed by atoms with van der Waals surface area (Å²) in [5.74, 6) is 0. The Morgan fingerprint density at radius 3 is 2.76 bits per heavy atom. The number of hydrogen-bond acceptors (Lipinski definition) is 3. The van der Waals surface area contributed by atoms with Gasteiger partial charge in [0.25, 0.3) is 0 Å². The van der Waals surface area contributed by atoms with E-state index in [9.17, 15) is 0 Å². The number of rotatable bonds is 4. The number of thiocarbonyl (C=S) groups is 1. The molecule has 0 aliphatic rings. The normalized spacial score (nSPS) is 11.1. The molecule has 0 aliphatic heterocycles. The first-order valence-corrected chi connectivity index (χ1v) is 6.01. The Hall–Kier alpha value is -1.49. The fourth-order valence-electron chi connectivity index (χ4n) is 1.23. The first kappa shape index (κ1) is 13.6. The molecule has 0 saturated heterocycles. The molecule has 4 nitrogen and oxygen atoms in total. The van der Waals surface area contributed by atoms with Crippen LogP contribution in [0.5, 0.6) is 0 Å². The van der Waals surface area contributed by atoms with Crippen molar-refractivity contribution in [3.63, 3.8) is 0 Å². The Kier molecular flexibility index (Phi) is 5.56. The van der Waals surface area contributed by atoms with E-state index in [1.165, 1.54) is 0 Å². The molecule has 1 rings (SSSR count). The monoisotopic (exact) mass is 250 g/mol. The topological polar surface area (TPSA) is 40.5 Å². The van der Waals surface area contributed by atoms with Crippen LogP contribution in [0.4, 0.5) is 0 Å². The summed E-state index contributed by atoms with van der Waals surface area (Å²) in [5.41, 5.74) is 4.69. The third-order valence-corrected chi connectivity index (χ3v) is 2.60. The number of pyridine rings is 1. The van der Waals surface area contributed by atoms with Gasteiger partial charge in [0.15, 0.2) is 5.11 Å². The maximum Gasteiger partial charge on any atom is 0.189 e. The Bertz CT molecular complexity index is 387. The molecule has 0 saturated carbocycles. The molecule has 0 unspecified atom stereocenters. The number of hydrogen-bond donors (Lipinski definition) is 1. The maximum absolute atomic E-state index is 5.12. The van der Waals surface area contributed by atoms with Crippen molar-refractivity contribution in [3.05, 3.63) is 30.1 Å². The van der Waals surface area contributed by atoms with Crippen LogP contribution in [0, 0.1) is 0 Å². The lowest BCUT2D eigenvalue weighted by Crippen LogP contribution is -2.31. The molecule has 0 aromatic carbocycles. The molecule has 1 heterocycles. The third kappa shape index (κ3) is 4.48. The van der Waals surface area contributed by atoms with Crippen molar-refractivity contribution < 1.29 is 0 Å². The quantitative estimate of drug-likeness (QED) is 0.504. The molecule has 0 bridgehead atoms. The van der Waals surface area contributed by atoms with Gasteiger partial charge in [0.1, 0.15) is 0 Å². The van der Waals surface area contributed by atoms with E-state index in [0.717, 1.165) is 24.2 Å². The van der Waals surface area contributed by atoms with Crippen LogP contribution in [0.25, 0.3) is 0 Å². The molecule has 92 valence electrons. The Morgan fingerprint density at radius 1 is 1.47 bits per heavy atom. The van der Waals surface area contributed by atoms with Gasteiger partial charge < -0.3 is 4.90 Å². The van der Waals surface area contributed by atoms with Gasteiger partial charge in [-0.3, -0.25) is 10.4 Å². The van der Waals surface area contributed by atoms with Gasteiger partial charge in [-0.1, -0.05) is 19.4 Å². The van der Waals surface area contributed by atoms with E-state index < -0.39 is 0 Å². The van der Waals surface area contributed by atoms with Crippen LogP contribution in [0.1, 0.15) is 25.5 Å². The second kappa shape index (κ2) is 6.96. The Balaban J connectivity index is 2.79. The lowest BCUT2D eigenvalue weighted by atomic mass is 10.1. The smallest absolute Gasteiger partial charge is 0.189 e. The van der Waals surface area contributed by atoms with Crippen molar-refractivity contribution in [1.82, 2.24) is 15.3 Å². The molecule has 0 fully saturated rings.